The third-order valence-corrected chi connectivity index (χ3v) is 3.20. The standard InChI is InChI=1S/C12H23NO/c1-9(2)11-5-7-13(8-6-11)12(14)10(3)4/h10-12,14H,1,5-8H2,2-4H3. The molecule has 1 aliphatic heterocycles. The van der Waals surface area contributed by atoms with Crippen LogP contribution in [0.15, 0.2) is 12.2 Å². The predicted molar refractivity (Wildman–Crippen MR) is 60.0 cm³/mol. The maximum absolute atomic E-state index is 9.88. The van der Waals surface area contributed by atoms with E-state index in [0.717, 1.165) is 25.9 Å². The number of likely N-dealkylation sites (tertiary alicyclic amines) is 1. The largest absolute Gasteiger partial charge is 0.378 e. The monoisotopic (exact) mass is 197 g/mol. The van der Waals surface area contributed by atoms with Gasteiger partial charge in [0.1, 0.15) is 6.23 Å². The summed E-state index contributed by atoms with van der Waals surface area (Å²) >= 11 is 0. The number of rotatable bonds is 3. The number of allylic oxidation sites excluding steroid dienone is 1. The lowest BCUT2D eigenvalue weighted by molar-refractivity contribution is -0.0440. The molecule has 0 spiro atoms. The molecule has 1 rings (SSSR count). The first-order chi connectivity index (χ1) is 6.52. The molecule has 0 bridgehead atoms. The van der Waals surface area contributed by atoms with Gasteiger partial charge in [-0.05, 0) is 31.6 Å². The van der Waals surface area contributed by atoms with Gasteiger partial charge in [-0.25, -0.2) is 0 Å². The van der Waals surface area contributed by atoms with Crippen LogP contribution in [0.1, 0.15) is 33.6 Å². The van der Waals surface area contributed by atoms with Crippen LogP contribution in [0.4, 0.5) is 0 Å². The van der Waals surface area contributed by atoms with Gasteiger partial charge in [-0.15, -0.1) is 0 Å². The highest BCUT2D eigenvalue weighted by molar-refractivity contribution is 4.98. The van der Waals surface area contributed by atoms with Gasteiger partial charge in [0.25, 0.3) is 0 Å². The maximum Gasteiger partial charge on any atom is 0.109 e. The zero-order valence-electron chi connectivity index (χ0n) is 9.66. The molecule has 1 fully saturated rings. The van der Waals surface area contributed by atoms with Crippen LogP contribution >= 0.6 is 0 Å². The molecule has 2 nitrogen and oxygen atoms in total. The Morgan fingerprint density at radius 1 is 1.36 bits per heavy atom. The maximum atomic E-state index is 9.88. The lowest BCUT2D eigenvalue weighted by atomic mass is 9.90. The molecule has 2 heteroatoms. The second-order valence-electron chi connectivity index (χ2n) is 4.81. The number of hydrogen-bond acceptors (Lipinski definition) is 2. The summed E-state index contributed by atoms with van der Waals surface area (Å²) in [5.74, 6) is 1.00. The molecule has 1 unspecified atom stereocenters. The number of piperidine rings is 1. The van der Waals surface area contributed by atoms with Crippen molar-refractivity contribution in [2.24, 2.45) is 11.8 Å². The highest BCUT2D eigenvalue weighted by Crippen LogP contribution is 2.25. The van der Waals surface area contributed by atoms with Gasteiger partial charge in [0.05, 0.1) is 0 Å². The Labute approximate surface area is 87.6 Å². The molecule has 1 saturated heterocycles. The summed E-state index contributed by atoms with van der Waals surface area (Å²) in [7, 11) is 0. The minimum atomic E-state index is -0.263. The normalized spacial score (nSPS) is 22.6. The van der Waals surface area contributed by atoms with E-state index in [2.05, 4.69) is 32.3 Å². The molecule has 14 heavy (non-hydrogen) atoms. The fraction of sp³-hybridized carbons (Fsp3) is 0.833. The summed E-state index contributed by atoms with van der Waals surface area (Å²) in [4.78, 5) is 2.18. The lowest BCUT2D eigenvalue weighted by Crippen LogP contribution is -2.44. The van der Waals surface area contributed by atoms with Crippen molar-refractivity contribution in [3.8, 4) is 0 Å². The van der Waals surface area contributed by atoms with Gasteiger partial charge in [0, 0.05) is 13.1 Å². The van der Waals surface area contributed by atoms with Gasteiger partial charge in [-0.2, -0.15) is 0 Å². The van der Waals surface area contributed by atoms with Gasteiger partial charge in [-0.3, -0.25) is 4.90 Å². The topological polar surface area (TPSA) is 23.5 Å². The van der Waals surface area contributed by atoms with E-state index in [1.165, 1.54) is 5.57 Å². The van der Waals surface area contributed by atoms with Crippen LogP contribution in [-0.4, -0.2) is 29.3 Å². The smallest absolute Gasteiger partial charge is 0.109 e. The first kappa shape index (κ1) is 11.7. The van der Waals surface area contributed by atoms with Gasteiger partial charge < -0.3 is 5.11 Å². The van der Waals surface area contributed by atoms with Gasteiger partial charge in [-0.1, -0.05) is 26.0 Å². The molecule has 1 atom stereocenters. The molecular formula is C12H23NO. The predicted octanol–water partition coefficient (Wildman–Crippen LogP) is 2.25. The average molecular weight is 197 g/mol. The molecule has 0 radical (unpaired) electrons. The van der Waals surface area contributed by atoms with Crippen LogP contribution in [0.25, 0.3) is 0 Å². The van der Waals surface area contributed by atoms with Crippen molar-refractivity contribution in [1.82, 2.24) is 4.90 Å². The van der Waals surface area contributed by atoms with E-state index >= 15 is 0 Å². The average Bonchev–Trinajstić information content (AvgIpc) is 2.16. The fourth-order valence-electron chi connectivity index (χ4n) is 2.08. The van der Waals surface area contributed by atoms with Crippen LogP contribution < -0.4 is 0 Å². The molecule has 82 valence electrons. The molecule has 1 aliphatic rings. The van der Waals surface area contributed by atoms with Gasteiger partial charge in [0.2, 0.25) is 0 Å². The second kappa shape index (κ2) is 4.94. The summed E-state index contributed by atoms with van der Waals surface area (Å²) in [6, 6.07) is 0. The Morgan fingerprint density at radius 3 is 2.21 bits per heavy atom. The Kier molecular flexibility index (Phi) is 4.14. The van der Waals surface area contributed by atoms with Crippen molar-refractivity contribution in [1.29, 1.82) is 0 Å². The molecule has 0 saturated carbocycles. The van der Waals surface area contributed by atoms with E-state index in [1.54, 1.807) is 0 Å². The Bertz CT molecular complexity index is 192. The molecule has 0 amide bonds. The zero-order valence-corrected chi connectivity index (χ0v) is 9.66. The number of nitrogens with zero attached hydrogens (tertiary/aromatic N) is 1. The van der Waals surface area contributed by atoms with Crippen molar-refractivity contribution in [3.63, 3.8) is 0 Å². The quantitative estimate of drug-likeness (QED) is 0.701. The first-order valence-electron chi connectivity index (χ1n) is 5.60. The molecule has 0 aromatic rings. The van der Waals surface area contributed by atoms with Crippen molar-refractivity contribution in [2.45, 2.75) is 39.8 Å². The van der Waals surface area contributed by atoms with Gasteiger partial charge in [0.15, 0.2) is 0 Å². The molecule has 0 aliphatic carbocycles. The van der Waals surface area contributed by atoms with E-state index in [0.29, 0.717) is 11.8 Å². The Balaban J connectivity index is 2.39. The minimum absolute atomic E-state index is 0.263. The number of hydrogen-bond donors (Lipinski definition) is 1. The number of aliphatic hydroxyl groups excluding tert-OH is 1. The van der Waals surface area contributed by atoms with E-state index in [1.807, 2.05) is 0 Å². The Hall–Kier alpha value is -0.340. The SMILES string of the molecule is C=C(C)C1CCN(C(O)C(C)C)CC1. The molecule has 1 heterocycles. The second-order valence-corrected chi connectivity index (χ2v) is 4.81. The number of aliphatic hydroxyl groups is 1. The van der Waals surface area contributed by atoms with E-state index < -0.39 is 0 Å². The summed E-state index contributed by atoms with van der Waals surface area (Å²) in [6.45, 7) is 12.3. The van der Waals surface area contributed by atoms with Crippen LogP contribution in [0, 0.1) is 11.8 Å². The fourth-order valence-corrected chi connectivity index (χ4v) is 2.08. The van der Waals surface area contributed by atoms with Crippen molar-refractivity contribution >= 4 is 0 Å². The van der Waals surface area contributed by atoms with E-state index in [-0.39, 0.29) is 6.23 Å². The van der Waals surface area contributed by atoms with Crippen molar-refractivity contribution in [3.05, 3.63) is 12.2 Å². The van der Waals surface area contributed by atoms with E-state index in [9.17, 15) is 5.11 Å². The lowest BCUT2D eigenvalue weighted by Gasteiger charge is -2.36. The van der Waals surface area contributed by atoms with Gasteiger partial charge >= 0.3 is 0 Å². The minimum Gasteiger partial charge on any atom is -0.378 e. The zero-order chi connectivity index (χ0) is 10.7. The highest BCUT2D eigenvalue weighted by atomic mass is 16.3. The third kappa shape index (κ3) is 2.82. The van der Waals surface area contributed by atoms with Crippen LogP contribution in [0.3, 0.4) is 0 Å². The molecule has 0 aromatic carbocycles. The summed E-state index contributed by atoms with van der Waals surface area (Å²) < 4.78 is 0. The molecule has 0 aromatic heterocycles. The van der Waals surface area contributed by atoms with Crippen molar-refractivity contribution < 1.29 is 5.11 Å². The van der Waals surface area contributed by atoms with Crippen molar-refractivity contribution in [2.75, 3.05) is 13.1 Å². The van der Waals surface area contributed by atoms with E-state index in [4.69, 9.17) is 0 Å². The highest BCUT2D eigenvalue weighted by Gasteiger charge is 2.25. The summed E-state index contributed by atoms with van der Waals surface area (Å²) in [6.07, 6.45) is 2.04. The molecular weight excluding hydrogens is 174 g/mol. The van der Waals surface area contributed by atoms with Crippen LogP contribution in [-0.2, 0) is 0 Å². The third-order valence-electron chi connectivity index (χ3n) is 3.20. The molecule has 1 N–H and O–H groups in total. The van der Waals surface area contributed by atoms with Crippen LogP contribution in [0.2, 0.25) is 0 Å². The Morgan fingerprint density at radius 2 is 1.86 bits per heavy atom. The summed E-state index contributed by atoms with van der Waals surface area (Å²) in [5, 5.41) is 9.88. The van der Waals surface area contributed by atoms with Crippen LogP contribution in [0.5, 0.6) is 0 Å². The first-order valence-corrected chi connectivity index (χ1v) is 5.60. The summed E-state index contributed by atoms with van der Waals surface area (Å²) in [5.41, 5.74) is 1.30.